The van der Waals surface area contributed by atoms with Crippen molar-refractivity contribution in [3.63, 3.8) is 0 Å². The van der Waals surface area contributed by atoms with Gasteiger partial charge in [0.2, 0.25) is 11.8 Å². The first-order valence-corrected chi connectivity index (χ1v) is 12.7. The van der Waals surface area contributed by atoms with Gasteiger partial charge < -0.3 is 15.0 Å². The van der Waals surface area contributed by atoms with Crippen LogP contribution in [0.4, 0.5) is 17.1 Å². The Balaban J connectivity index is 1.55. The molecule has 8 nitrogen and oxygen atoms in total. The number of hydrogen-bond acceptors (Lipinski definition) is 5. The van der Waals surface area contributed by atoms with Crippen molar-refractivity contribution in [1.29, 1.82) is 0 Å². The summed E-state index contributed by atoms with van der Waals surface area (Å²) in [6.45, 7) is 2.17. The first kappa shape index (κ1) is 24.3. The maximum atomic E-state index is 13.5. The van der Waals surface area contributed by atoms with E-state index in [1.165, 1.54) is 19.2 Å². The number of nitrogens with one attached hydrogen (secondary N) is 1. The van der Waals surface area contributed by atoms with E-state index >= 15 is 0 Å². The van der Waals surface area contributed by atoms with E-state index in [1.54, 1.807) is 65.6 Å². The van der Waals surface area contributed by atoms with Crippen LogP contribution in [0.5, 0.6) is 5.75 Å². The van der Waals surface area contributed by atoms with Gasteiger partial charge in [0, 0.05) is 24.3 Å². The van der Waals surface area contributed by atoms with Crippen LogP contribution < -0.4 is 19.3 Å². The molecule has 0 aliphatic carbocycles. The molecule has 4 rings (SSSR count). The van der Waals surface area contributed by atoms with Gasteiger partial charge in [0.05, 0.1) is 17.7 Å². The average molecular weight is 494 g/mol. The van der Waals surface area contributed by atoms with Gasteiger partial charge >= 0.3 is 0 Å². The summed E-state index contributed by atoms with van der Waals surface area (Å²) < 4.78 is 33.2. The minimum Gasteiger partial charge on any atom is -0.497 e. The van der Waals surface area contributed by atoms with Crippen molar-refractivity contribution in [3.8, 4) is 5.75 Å². The summed E-state index contributed by atoms with van der Waals surface area (Å²) >= 11 is 0. The van der Waals surface area contributed by atoms with Gasteiger partial charge in [-0.2, -0.15) is 0 Å². The van der Waals surface area contributed by atoms with Gasteiger partial charge in [-0.1, -0.05) is 17.7 Å². The second-order valence-electron chi connectivity index (χ2n) is 8.27. The van der Waals surface area contributed by atoms with E-state index in [2.05, 4.69) is 5.32 Å². The Morgan fingerprint density at radius 2 is 1.66 bits per heavy atom. The molecule has 0 unspecified atom stereocenters. The molecule has 1 saturated heterocycles. The molecule has 1 N–H and O–H groups in total. The molecule has 1 aliphatic rings. The third-order valence-electron chi connectivity index (χ3n) is 5.79. The molecule has 1 aliphatic heterocycles. The van der Waals surface area contributed by atoms with Crippen molar-refractivity contribution in [2.24, 2.45) is 0 Å². The number of methoxy groups -OCH3 is 1. The van der Waals surface area contributed by atoms with Crippen molar-refractivity contribution in [2.45, 2.75) is 24.7 Å². The molecule has 0 aromatic heterocycles. The maximum Gasteiger partial charge on any atom is 0.264 e. The third-order valence-corrected chi connectivity index (χ3v) is 7.58. The van der Waals surface area contributed by atoms with Crippen LogP contribution in [-0.4, -0.2) is 40.4 Å². The number of rotatable bonds is 8. The standard InChI is InChI=1S/C26H27N3O5S/c1-19-5-9-22(10-6-19)29(35(32,33)24-15-13-23(34-2)14-16-24)18-25(30)27-20-7-11-21(12-8-20)28-17-3-4-26(28)31/h5-16H,3-4,17-18H2,1-2H3,(H,27,30). The molecule has 35 heavy (non-hydrogen) atoms. The van der Waals surface area contributed by atoms with E-state index in [1.807, 2.05) is 6.92 Å². The molecule has 0 bridgehead atoms. The van der Waals surface area contributed by atoms with Crippen LogP contribution >= 0.6 is 0 Å². The van der Waals surface area contributed by atoms with Crippen molar-refractivity contribution >= 4 is 38.9 Å². The van der Waals surface area contributed by atoms with Crippen molar-refractivity contribution in [3.05, 3.63) is 78.4 Å². The fourth-order valence-electron chi connectivity index (χ4n) is 3.88. The van der Waals surface area contributed by atoms with E-state index < -0.39 is 22.5 Å². The lowest BCUT2D eigenvalue weighted by atomic mass is 10.2. The first-order valence-electron chi connectivity index (χ1n) is 11.2. The number of nitrogens with zero attached hydrogens (tertiary/aromatic N) is 2. The van der Waals surface area contributed by atoms with E-state index in [-0.39, 0.29) is 10.8 Å². The van der Waals surface area contributed by atoms with Gasteiger partial charge in [-0.05, 0) is 74.0 Å². The molecule has 0 atom stereocenters. The summed E-state index contributed by atoms with van der Waals surface area (Å²) in [5.41, 5.74) is 2.63. The zero-order valence-corrected chi connectivity index (χ0v) is 20.4. The topological polar surface area (TPSA) is 96.0 Å². The lowest BCUT2D eigenvalue weighted by molar-refractivity contribution is -0.117. The fourth-order valence-corrected chi connectivity index (χ4v) is 5.30. The highest BCUT2D eigenvalue weighted by molar-refractivity contribution is 7.92. The van der Waals surface area contributed by atoms with Crippen molar-refractivity contribution < 1.29 is 22.7 Å². The number of benzene rings is 3. The Hall–Kier alpha value is -3.85. The van der Waals surface area contributed by atoms with Gasteiger partial charge in [0.1, 0.15) is 12.3 Å². The Kier molecular flexibility index (Phi) is 7.07. The summed E-state index contributed by atoms with van der Waals surface area (Å²) in [6.07, 6.45) is 1.37. The van der Waals surface area contributed by atoms with Crippen molar-refractivity contribution in [1.82, 2.24) is 0 Å². The highest BCUT2D eigenvalue weighted by Crippen LogP contribution is 2.26. The zero-order chi connectivity index (χ0) is 25.0. The summed E-state index contributed by atoms with van der Waals surface area (Å²) in [7, 11) is -2.53. The maximum absolute atomic E-state index is 13.5. The van der Waals surface area contributed by atoms with E-state index in [9.17, 15) is 18.0 Å². The number of hydrogen-bond donors (Lipinski definition) is 1. The predicted octanol–water partition coefficient (Wildman–Crippen LogP) is 3.96. The van der Waals surface area contributed by atoms with Crippen molar-refractivity contribution in [2.75, 3.05) is 34.7 Å². The lowest BCUT2D eigenvalue weighted by Crippen LogP contribution is -2.38. The van der Waals surface area contributed by atoms with Gasteiger partial charge in [-0.3, -0.25) is 13.9 Å². The average Bonchev–Trinajstić information content (AvgIpc) is 3.29. The van der Waals surface area contributed by atoms with E-state index in [0.29, 0.717) is 30.1 Å². The number of amides is 2. The molecule has 182 valence electrons. The molecule has 0 saturated carbocycles. The quantitative estimate of drug-likeness (QED) is 0.512. The predicted molar refractivity (Wildman–Crippen MR) is 135 cm³/mol. The van der Waals surface area contributed by atoms with Gasteiger partial charge in [0.15, 0.2) is 0 Å². The number of aryl methyl sites for hydroxylation is 1. The molecule has 1 fully saturated rings. The zero-order valence-electron chi connectivity index (χ0n) is 19.6. The Labute approximate surface area is 205 Å². The minimum absolute atomic E-state index is 0.0475. The van der Waals surface area contributed by atoms with E-state index in [4.69, 9.17) is 4.74 Å². The second-order valence-corrected chi connectivity index (χ2v) is 10.1. The lowest BCUT2D eigenvalue weighted by Gasteiger charge is -2.24. The summed E-state index contributed by atoms with van der Waals surface area (Å²) in [4.78, 5) is 26.6. The molecule has 1 heterocycles. The number of anilines is 3. The first-order chi connectivity index (χ1) is 16.8. The fraction of sp³-hybridized carbons (Fsp3) is 0.231. The number of ether oxygens (including phenoxy) is 1. The van der Waals surface area contributed by atoms with E-state index in [0.717, 1.165) is 22.0 Å². The molecule has 0 radical (unpaired) electrons. The third kappa shape index (κ3) is 5.46. The summed E-state index contributed by atoms with van der Waals surface area (Å²) in [6, 6.07) is 19.9. The highest BCUT2D eigenvalue weighted by Gasteiger charge is 2.27. The Morgan fingerprint density at radius 1 is 1.00 bits per heavy atom. The molecule has 2 amide bonds. The molecule has 9 heteroatoms. The monoisotopic (exact) mass is 493 g/mol. The van der Waals surface area contributed by atoms with Crippen LogP contribution in [0.2, 0.25) is 0 Å². The van der Waals surface area contributed by atoms with Crippen LogP contribution in [0.15, 0.2) is 77.7 Å². The number of carbonyl (C=O) groups is 2. The molecule has 3 aromatic rings. The van der Waals surface area contributed by atoms with Crippen LogP contribution in [0.25, 0.3) is 0 Å². The summed E-state index contributed by atoms with van der Waals surface area (Å²) in [5, 5.41) is 2.76. The van der Waals surface area contributed by atoms with Crippen LogP contribution in [0, 0.1) is 6.92 Å². The van der Waals surface area contributed by atoms with Gasteiger partial charge in [0.25, 0.3) is 10.0 Å². The second kappa shape index (κ2) is 10.2. The highest BCUT2D eigenvalue weighted by atomic mass is 32.2. The van der Waals surface area contributed by atoms with Crippen LogP contribution in [0.1, 0.15) is 18.4 Å². The molecular weight excluding hydrogens is 466 g/mol. The molecule has 0 spiro atoms. The molecular formula is C26H27N3O5S. The SMILES string of the molecule is COc1ccc(S(=O)(=O)N(CC(=O)Nc2ccc(N3CCCC3=O)cc2)c2ccc(C)cc2)cc1. The molecule has 3 aromatic carbocycles. The van der Waals surface area contributed by atoms with Gasteiger partial charge in [-0.25, -0.2) is 8.42 Å². The van der Waals surface area contributed by atoms with Gasteiger partial charge in [-0.15, -0.1) is 0 Å². The largest absolute Gasteiger partial charge is 0.497 e. The number of sulfonamides is 1. The van der Waals surface area contributed by atoms with Crippen LogP contribution in [0.3, 0.4) is 0 Å². The normalized spacial score (nSPS) is 13.5. The van der Waals surface area contributed by atoms with Crippen LogP contribution in [-0.2, 0) is 19.6 Å². The Morgan fingerprint density at radius 3 is 2.23 bits per heavy atom. The minimum atomic E-state index is -4.03. The summed E-state index contributed by atoms with van der Waals surface area (Å²) in [5.74, 6) is 0.120. The smallest absolute Gasteiger partial charge is 0.264 e. The Bertz CT molecular complexity index is 1300. The number of carbonyl (C=O) groups excluding carboxylic acids is 2.